The minimum Gasteiger partial charge on any atom is -0.496 e. The van der Waals surface area contributed by atoms with E-state index >= 15 is 0 Å². The van der Waals surface area contributed by atoms with Crippen LogP contribution in [-0.4, -0.2) is 72.0 Å². The van der Waals surface area contributed by atoms with Crippen molar-refractivity contribution in [2.75, 3.05) is 20.8 Å². The summed E-state index contributed by atoms with van der Waals surface area (Å²) in [6.45, 7) is 1.16. The van der Waals surface area contributed by atoms with Gasteiger partial charge in [0.1, 0.15) is 47.6 Å². The first-order chi connectivity index (χ1) is 15.9. The molecule has 33 heavy (non-hydrogen) atoms. The summed E-state index contributed by atoms with van der Waals surface area (Å²) in [6.07, 6.45) is -0.0715. The van der Waals surface area contributed by atoms with E-state index in [9.17, 15) is 25.2 Å². The topological polar surface area (TPSA) is 148 Å². The number of aliphatic hydroxyl groups is 4. The molecule has 0 radical (unpaired) electrons. The van der Waals surface area contributed by atoms with Crippen LogP contribution in [0.2, 0.25) is 0 Å². The Morgan fingerprint density at radius 1 is 1.06 bits per heavy atom. The molecule has 4 N–H and O–H groups in total. The van der Waals surface area contributed by atoms with Gasteiger partial charge >= 0.3 is 5.63 Å². The fraction of sp³-hybridized carbons (Fsp3) is 0.783. The molecule has 10 nitrogen and oxygen atoms in total. The Kier molecular flexibility index (Phi) is 11.8. The summed E-state index contributed by atoms with van der Waals surface area (Å²) in [7, 11) is 2.72. The molecule has 1 aliphatic rings. The number of rotatable bonds is 14. The molecule has 0 saturated carbocycles. The molecule has 0 aliphatic carbocycles. The van der Waals surface area contributed by atoms with Crippen LogP contribution < -0.4 is 10.4 Å². The third kappa shape index (κ3) is 7.22. The SMILES string of the molecule is CCCCCCCC[C@H](O[C@@H]1O[C@H](CO)[C@@H](OC)[C@H](O)[C@H]1O)c1cc(OC)c(CO)c(=O)o1. The van der Waals surface area contributed by atoms with Gasteiger partial charge in [0, 0.05) is 13.2 Å². The number of ether oxygens (including phenoxy) is 4. The van der Waals surface area contributed by atoms with Crippen molar-refractivity contribution >= 4 is 0 Å². The van der Waals surface area contributed by atoms with E-state index in [1.54, 1.807) is 0 Å². The lowest BCUT2D eigenvalue weighted by atomic mass is 9.98. The average molecular weight is 475 g/mol. The standard InChI is InChI=1S/C23H38O10/c1-4-5-6-7-8-9-10-15(17-11-16(29-2)14(12-24)22(28)31-17)32-23-20(27)19(26)21(30-3)18(13-25)33-23/h11,15,18-21,23-27H,4-10,12-13H2,1-3H3/t15-,18+,19+,20+,21+,23+/m0/s1. The molecule has 1 aromatic rings. The van der Waals surface area contributed by atoms with Gasteiger partial charge in [-0.15, -0.1) is 0 Å². The molecule has 2 heterocycles. The maximum atomic E-state index is 12.4. The Labute approximate surface area is 194 Å². The Bertz CT molecular complexity index is 749. The molecule has 0 spiro atoms. The third-order valence-corrected chi connectivity index (χ3v) is 5.93. The number of methoxy groups -OCH3 is 2. The molecule has 1 fully saturated rings. The van der Waals surface area contributed by atoms with Gasteiger partial charge in [-0.3, -0.25) is 0 Å². The highest BCUT2D eigenvalue weighted by Crippen LogP contribution is 2.33. The highest BCUT2D eigenvalue weighted by atomic mass is 16.7. The molecule has 190 valence electrons. The summed E-state index contributed by atoms with van der Waals surface area (Å²) in [5.41, 5.74) is -0.756. The van der Waals surface area contributed by atoms with Gasteiger partial charge in [-0.1, -0.05) is 45.4 Å². The molecule has 0 amide bonds. The first-order valence-corrected chi connectivity index (χ1v) is 11.5. The van der Waals surface area contributed by atoms with E-state index in [0.717, 1.165) is 38.5 Å². The van der Waals surface area contributed by atoms with E-state index in [1.165, 1.54) is 20.3 Å². The zero-order valence-corrected chi connectivity index (χ0v) is 19.6. The van der Waals surface area contributed by atoms with Gasteiger partial charge in [-0.25, -0.2) is 4.79 Å². The maximum absolute atomic E-state index is 12.4. The first-order valence-electron chi connectivity index (χ1n) is 11.5. The number of hydrogen-bond donors (Lipinski definition) is 4. The van der Waals surface area contributed by atoms with Crippen LogP contribution in [0.25, 0.3) is 0 Å². The van der Waals surface area contributed by atoms with E-state index in [0.29, 0.717) is 6.42 Å². The van der Waals surface area contributed by atoms with Crippen molar-refractivity contribution < 1.29 is 43.8 Å². The number of aliphatic hydroxyl groups excluding tert-OH is 4. The van der Waals surface area contributed by atoms with E-state index in [1.807, 2.05) is 0 Å². The second kappa shape index (κ2) is 14.0. The first kappa shape index (κ1) is 27.7. The van der Waals surface area contributed by atoms with Gasteiger partial charge < -0.3 is 43.8 Å². The van der Waals surface area contributed by atoms with Crippen LogP contribution in [0.15, 0.2) is 15.3 Å². The molecule has 1 aliphatic heterocycles. The molecular formula is C23H38O10. The van der Waals surface area contributed by atoms with Gasteiger partial charge in [0.25, 0.3) is 0 Å². The van der Waals surface area contributed by atoms with E-state index in [2.05, 4.69) is 6.92 Å². The normalized spacial score (nSPS) is 26.3. The monoisotopic (exact) mass is 474 g/mol. The Hall–Kier alpha value is -1.53. The summed E-state index contributed by atoms with van der Waals surface area (Å²) >= 11 is 0. The molecule has 0 aromatic carbocycles. The quantitative estimate of drug-likeness (QED) is 0.292. The van der Waals surface area contributed by atoms with Gasteiger partial charge in [-0.2, -0.15) is 0 Å². The minimum atomic E-state index is -1.45. The van der Waals surface area contributed by atoms with Crippen LogP contribution in [0.1, 0.15) is 69.3 Å². The highest BCUT2D eigenvalue weighted by Gasteiger charge is 2.46. The van der Waals surface area contributed by atoms with Crippen molar-refractivity contribution in [1.29, 1.82) is 0 Å². The van der Waals surface area contributed by atoms with Crippen LogP contribution >= 0.6 is 0 Å². The fourth-order valence-corrected chi connectivity index (χ4v) is 4.00. The Morgan fingerprint density at radius 2 is 1.76 bits per heavy atom. The van der Waals surface area contributed by atoms with Gasteiger partial charge in [0.15, 0.2) is 6.29 Å². The largest absolute Gasteiger partial charge is 0.496 e. The molecule has 0 unspecified atom stereocenters. The van der Waals surface area contributed by atoms with E-state index in [-0.39, 0.29) is 17.1 Å². The molecule has 10 heteroatoms. The summed E-state index contributed by atoms with van der Waals surface area (Å²) in [5.74, 6) is 0.320. The molecule has 0 bridgehead atoms. The van der Waals surface area contributed by atoms with Crippen molar-refractivity contribution in [3.63, 3.8) is 0 Å². The van der Waals surface area contributed by atoms with Crippen molar-refractivity contribution in [2.24, 2.45) is 0 Å². The Balaban J connectivity index is 2.24. The zero-order chi connectivity index (χ0) is 24.4. The lowest BCUT2D eigenvalue weighted by Gasteiger charge is -2.42. The molecule has 1 aromatic heterocycles. The zero-order valence-electron chi connectivity index (χ0n) is 19.6. The Morgan fingerprint density at radius 3 is 2.36 bits per heavy atom. The van der Waals surface area contributed by atoms with Crippen molar-refractivity contribution in [1.82, 2.24) is 0 Å². The third-order valence-electron chi connectivity index (χ3n) is 5.93. The lowest BCUT2D eigenvalue weighted by Crippen LogP contribution is -2.59. The lowest BCUT2D eigenvalue weighted by molar-refractivity contribution is -0.317. The fourth-order valence-electron chi connectivity index (χ4n) is 4.00. The predicted octanol–water partition coefficient (Wildman–Crippen LogP) is 1.40. The summed E-state index contributed by atoms with van der Waals surface area (Å²) in [4.78, 5) is 12.4. The van der Waals surface area contributed by atoms with Crippen molar-refractivity contribution in [2.45, 2.75) is 95.3 Å². The average Bonchev–Trinajstić information content (AvgIpc) is 2.82. The molecule has 6 atom stereocenters. The number of unbranched alkanes of at least 4 members (excludes halogenated alkanes) is 5. The van der Waals surface area contributed by atoms with Crippen LogP contribution in [0.4, 0.5) is 0 Å². The van der Waals surface area contributed by atoms with E-state index in [4.69, 9.17) is 23.4 Å². The van der Waals surface area contributed by atoms with Crippen LogP contribution in [0, 0.1) is 0 Å². The van der Waals surface area contributed by atoms with E-state index < -0.39 is 55.6 Å². The molecular weight excluding hydrogens is 436 g/mol. The van der Waals surface area contributed by atoms with Crippen LogP contribution in [0.5, 0.6) is 5.75 Å². The number of hydrogen-bond acceptors (Lipinski definition) is 10. The predicted molar refractivity (Wildman–Crippen MR) is 118 cm³/mol. The van der Waals surface area contributed by atoms with Gasteiger partial charge in [0.2, 0.25) is 0 Å². The summed E-state index contributed by atoms with van der Waals surface area (Å²) in [6, 6.07) is 1.47. The molecule has 1 saturated heterocycles. The maximum Gasteiger partial charge on any atom is 0.345 e. The van der Waals surface area contributed by atoms with Crippen LogP contribution in [-0.2, 0) is 20.8 Å². The molecule has 2 rings (SSSR count). The van der Waals surface area contributed by atoms with Crippen LogP contribution in [0.3, 0.4) is 0 Å². The van der Waals surface area contributed by atoms with Gasteiger partial charge in [0.05, 0.1) is 20.3 Å². The van der Waals surface area contributed by atoms with Gasteiger partial charge in [-0.05, 0) is 6.42 Å². The second-order valence-electron chi connectivity index (χ2n) is 8.23. The smallest absolute Gasteiger partial charge is 0.345 e. The summed E-state index contributed by atoms with van der Waals surface area (Å²) < 4.78 is 27.4. The second-order valence-corrected chi connectivity index (χ2v) is 8.23. The highest BCUT2D eigenvalue weighted by molar-refractivity contribution is 5.31. The summed E-state index contributed by atoms with van der Waals surface area (Å²) in [5, 5.41) is 40.0. The van der Waals surface area contributed by atoms with Crippen molar-refractivity contribution in [3.8, 4) is 5.75 Å². The minimum absolute atomic E-state index is 0.00720. The van der Waals surface area contributed by atoms with Crippen molar-refractivity contribution in [3.05, 3.63) is 27.8 Å².